The average molecular weight is 382 g/mol. The zero-order chi connectivity index (χ0) is 15.4. The molecule has 1 aromatic heterocycles. The summed E-state index contributed by atoms with van der Waals surface area (Å²) in [5.74, 6) is -0.184. The predicted molar refractivity (Wildman–Crippen MR) is 90.3 cm³/mol. The minimum absolute atomic E-state index is 0.184. The summed E-state index contributed by atoms with van der Waals surface area (Å²) in [5, 5.41) is 5.63. The van der Waals surface area contributed by atoms with Gasteiger partial charge in [-0.25, -0.2) is 4.98 Å². The van der Waals surface area contributed by atoms with Crippen LogP contribution in [0.1, 0.15) is 15.5 Å². The Morgan fingerprint density at radius 2 is 2.14 bits per heavy atom. The molecule has 0 aliphatic carbocycles. The van der Waals surface area contributed by atoms with Crippen LogP contribution in [0.25, 0.3) is 0 Å². The van der Waals surface area contributed by atoms with Crippen LogP contribution in [-0.4, -0.2) is 42.1 Å². The van der Waals surface area contributed by atoms with Crippen molar-refractivity contribution in [2.75, 3.05) is 31.6 Å². The molecule has 0 spiro atoms. The van der Waals surface area contributed by atoms with Crippen molar-refractivity contribution in [1.82, 2.24) is 9.88 Å². The van der Waals surface area contributed by atoms with Gasteiger partial charge in [0, 0.05) is 22.9 Å². The van der Waals surface area contributed by atoms with E-state index >= 15 is 0 Å². The second-order valence-electron chi connectivity index (χ2n) is 4.95. The van der Waals surface area contributed by atoms with Crippen molar-refractivity contribution in [3.63, 3.8) is 0 Å². The molecule has 1 fully saturated rings. The Bertz CT molecular complexity index is 656. The molecule has 3 rings (SSSR count). The van der Waals surface area contributed by atoms with Gasteiger partial charge in [-0.15, -0.1) is 11.3 Å². The van der Waals surface area contributed by atoms with Crippen LogP contribution in [-0.2, 0) is 11.3 Å². The van der Waals surface area contributed by atoms with Gasteiger partial charge in [-0.1, -0.05) is 12.1 Å². The summed E-state index contributed by atoms with van der Waals surface area (Å²) in [6.07, 6.45) is 0. The topological polar surface area (TPSA) is 54.5 Å². The van der Waals surface area contributed by atoms with Crippen LogP contribution in [0, 0.1) is 0 Å². The Morgan fingerprint density at radius 3 is 2.91 bits per heavy atom. The molecular weight excluding hydrogens is 366 g/mol. The maximum Gasteiger partial charge on any atom is 0.275 e. The number of anilines is 1. The molecule has 22 heavy (non-hydrogen) atoms. The summed E-state index contributed by atoms with van der Waals surface area (Å²) < 4.78 is 6.19. The van der Waals surface area contributed by atoms with E-state index in [0.29, 0.717) is 5.69 Å². The predicted octanol–water partition coefficient (Wildman–Crippen LogP) is 2.99. The van der Waals surface area contributed by atoms with E-state index in [-0.39, 0.29) is 5.91 Å². The molecule has 0 atom stereocenters. The number of morpholine rings is 1. The third-order valence-electron chi connectivity index (χ3n) is 3.37. The lowest BCUT2D eigenvalue weighted by atomic mass is 10.3. The number of nitrogens with one attached hydrogen (secondary N) is 1. The van der Waals surface area contributed by atoms with Crippen LogP contribution in [0.4, 0.5) is 5.69 Å². The van der Waals surface area contributed by atoms with Crippen molar-refractivity contribution in [3.05, 3.63) is 44.8 Å². The lowest BCUT2D eigenvalue weighted by Gasteiger charge is -2.25. The van der Waals surface area contributed by atoms with Crippen molar-refractivity contribution in [2.24, 2.45) is 0 Å². The molecule has 7 heteroatoms. The highest BCUT2D eigenvalue weighted by Crippen LogP contribution is 2.22. The maximum atomic E-state index is 12.3. The number of halogens is 1. The first-order valence-corrected chi connectivity index (χ1v) is 8.70. The fourth-order valence-electron chi connectivity index (χ4n) is 2.19. The first-order chi connectivity index (χ1) is 10.7. The van der Waals surface area contributed by atoms with Crippen LogP contribution in [0.2, 0.25) is 0 Å². The molecule has 2 aromatic rings. The fraction of sp³-hybridized carbons (Fsp3) is 0.333. The second-order valence-corrected chi connectivity index (χ2v) is 6.75. The molecule has 0 unspecified atom stereocenters. The molecule has 0 saturated carbocycles. The quantitative estimate of drug-likeness (QED) is 0.884. The molecular formula is C15H16BrN3O2S. The molecule has 1 aliphatic heterocycles. The first kappa shape index (κ1) is 15.6. The molecule has 1 aromatic carbocycles. The van der Waals surface area contributed by atoms with Crippen LogP contribution < -0.4 is 5.32 Å². The molecule has 1 N–H and O–H groups in total. The smallest absolute Gasteiger partial charge is 0.275 e. The Hall–Kier alpha value is -1.28. The number of nitrogens with zero attached hydrogens (tertiary/aromatic N) is 2. The highest BCUT2D eigenvalue weighted by Gasteiger charge is 2.15. The fourth-order valence-corrected chi connectivity index (χ4v) is 3.39. The maximum absolute atomic E-state index is 12.3. The van der Waals surface area contributed by atoms with Crippen LogP contribution in [0.5, 0.6) is 0 Å². The Labute approximate surface area is 141 Å². The molecule has 2 heterocycles. The molecule has 1 amide bonds. The first-order valence-electron chi connectivity index (χ1n) is 7.03. The van der Waals surface area contributed by atoms with Gasteiger partial charge in [0.2, 0.25) is 0 Å². The number of rotatable bonds is 4. The Kier molecular flexibility index (Phi) is 5.20. The Morgan fingerprint density at radius 1 is 1.36 bits per heavy atom. The van der Waals surface area contributed by atoms with Crippen LogP contribution >= 0.6 is 27.3 Å². The second kappa shape index (κ2) is 7.32. The molecule has 5 nitrogen and oxygen atoms in total. The number of benzene rings is 1. The van der Waals surface area contributed by atoms with E-state index in [4.69, 9.17) is 4.74 Å². The SMILES string of the molecule is O=C(Nc1ccccc1Br)c1csc(CN2CCOCC2)n1. The lowest BCUT2D eigenvalue weighted by Crippen LogP contribution is -2.35. The number of amides is 1. The number of aromatic nitrogens is 1. The molecule has 0 bridgehead atoms. The number of hydrogen-bond acceptors (Lipinski definition) is 5. The van der Waals surface area contributed by atoms with Crippen molar-refractivity contribution < 1.29 is 9.53 Å². The lowest BCUT2D eigenvalue weighted by molar-refractivity contribution is 0.0341. The summed E-state index contributed by atoms with van der Waals surface area (Å²) in [7, 11) is 0. The zero-order valence-corrected chi connectivity index (χ0v) is 14.3. The third-order valence-corrected chi connectivity index (χ3v) is 4.89. The monoisotopic (exact) mass is 381 g/mol. The van der Waals surface area contributed by atoms with E-state index < -0.39 is 0 Å². The minimum Gasteiger partial charge on any atom is -0.379 e. The largest absolute Gasteiger partial charge is 0.379 e. The van der Waals surface area contributed by atoms with Crippen LogP contribution in [0.3, 0.4) is 0 Å². The van der Waals surface area contributed by atoms with Gasteiger partial charge in [0.1, 0.15) is 10.7 Å². The van der Waals surface area contributed by atoms with Gasteiger partial charge in [0.25, 0.3) is 5.91 Å². The zero-order valence-electron chi connectivity index (χ0n) is 11.9. The summed E-state index contributed by atoms with van der Waals surface area (Å²) in [6, 6.07) is 7.53. The van der Waals surface area contributed by atoms with E-state index in [9.17, 15) is 4.79 Å². The van der Waals surface area contributed by atoms with Gasteiger partial charge < -0.3 is 10.1 Å². The van der Waals surface area contributed by atoms with Gasteiger partial charge in [-0.3, -0.25) is 9.69 Å². The third kappa shape index (κ3) is 3.92. The van der Waals surface area contributed by atoms with Crippen molar-refractivity contribution in [1.29, 1.82) is 0 Å². The van der Waals surface area contributed by atoms with Crippen molar-refractivity contribution >= 4 is 38.9 Å². The van der Waals surface area contributed by atoms with Gasteiger partial charge in [0.05, 0.1) is 25.4 Å². The van der Waals surface area contributed by atoms with E-state index in [0.717, 1.165) is 48.0 Å². The standard InChI is InChI=1S/C15H16BrN3O2S/c16-11-3-1-2-4-12(11)18-15(20)13-10-22-14(17-13)9-19-5-7-21-8-6-19/h1-4,10H,5-9H2,(H,18,20). The van der Waals surface area contributed by atoms with Gasteiger partial charge in [-0.2, -0.15) is 0 Å². The number of thiazole rings is 1. The molecule has 0 radical (unpaired) electrons. The van der Waals surface area contributed by atoms with E-state index in [2.05, 4.69) is 31.1 Å². The highest BCUT2D eigenvalue weighted by molar-refractivity contribution is 9.10. The van der Waals surface area contributed by atoms with Gasteiger partial charge in [0.15, 0.2) is 0 Å². The number of carbonyl (C=O) groups is 1. The van der Waals surface area contributed by atoms with Crippen molar-refractivity contribution in [2.45, 2.75) is 6.54 Å². The summed E-state index contributed by atoms with van der Waals surface area (Å²) in [4.78, 5) is 19.0. The number of ether oxygens (including phenoxy) is 1. The molecule has 1 aliphatic rings. The van der Waals surface area contributed by atoms with Gasteiger partial charge >= 0.3 is 0 Å². The minimum atomic E-state index is -0.184. The molecule has 116 valence electrons. The Balaban J connectivity index is 1.63. The van der Waals surface area contributed by atoms with E-state index in [1.807, 2.05) is 29.6 Å². The summed E-state index contributed by atoms with van der Waals surface area (Å²) in [6.45, 7) is 4.13. The average Bonchev–Trinajstić information content (AvgIpc) is 2.99. The van der Waals surface area contributed by atoms with E-state index in [1.165, 1.54) is 11.3 Å². The number of para-hydroxylation sites is 1. The highest BCUT2D eigenvalue weighted by atomic mass is 79.9. The van der Waals surface area contributed by atoms with Gasteiger partial charge in [-0.05, 0) is 28.1 Å². The van der Waals surface area contributed by atoms with E-state index in [1.54, 1.807) is 0 Å². The number of carbonyl (C=O) groups excluding carboxylic acids is 1. The summed E-state index contributed by atoms with van der Waals surface area (Å²) >= 11 is 4.94. The summed E-state index contributed by atoms with van der Waals surface area (Å²) in [5.41, 5.74) is 1.21. The molecule has 1 saturated heterocycles. The number of hydrogen-bond donors (Lipinski definition) is 1. The van der Waals surface area contributed by atoms with Crippen molar-refractivity contribution in [3.8, 4) is 0 Å². The normalized spacial score (nSPS) is 15.7. The van der Waals surface area contributed by atoms with Crippen LogP contribution in [0.15, 0.2) is 34.1 Å².